The van der Waals surface area contributed by atoms with Gasteiger partial charge in [-0.2, -0.15) is 0 Å². The van der Waals surface area contributed by atoms with Gasteiger partial charge in [-0.1, -0.05) is 20.3 Å². The van der Waals surface area contributed by atoms with Gasteiger partial charge in [0.05, 0.1) is 11.5 Å². The lowest BCUT2D eigenvalue weighted by Crippen LogP contribution is -2.45. The Balaban J connectivity index is 2.84. The standard InChI is InChI=1S/C16H24N2O6S/c1-4-11(2)14(16(20)21)18-15(19)12-5-7-13(8-6-12)25(22,23)17-9-10-24-3/h5-8,11,14,17H,4,9-10H2,1-3H3,(H,18,19)(H,20,21)/t11-,14-/m0/s1. The molecule has 0 fully saturated rings. The Kier molecular flexibility index (Phi) is 8.01. The van der Waals surface area contributed by atoms with Crippen molar-refractivity contribution in [3.05, 3.63) is 29.8 Å². The van der Waals surface area contributed by atoms with Crippen molar-refractivity contribution >= 4 is 21.9 Å². The molecule has 1 rings (SSSR count). The minimum Gasteiger partial charge on any atom is -0.480 e. The summed E-state index contributed by atoms with van der Waals surface area (Å²) in [6, 6.07) is 4.27. The SMILES string of the molecule is CC[C@H](C)[C@H](NC(=O)c1ccc(S(=O)(=O)NCCOC)cc1)C(=O)O. The number of carboxylic acids is 1. The average Bonchev–Trinajstić information content (AvgIpc) is 2.58. The Morgan fingerprint density at radius 2 is 1.84 bits per heavy atom. The number of ether oxygens (including phenoxy) is 1. The first kappa shape index (κ1) is 21.1. The van der Waals surface area contributed by atoms with Gasteiger partial charge in [0.25, 0.3) is 5.91 Å². The van der Waals surface area contributed by atoms with Crippen LogP contribution in [-0.4, -0.2) is 51.7 Å². The van der Waals surface area contributed by atoms with Crippen molar-refractivity contribution in [2.45, 2.75) is 31.2 Å². The van der Waals surface area contributed by atoms with E-state index in [1.807, 2.05) is 6.92 Å². The largest absolute Gasteiger partial charge is 0.480 e. The smallest absolute Gasteiger partial charge is 0.326 e. The summed E-state index contributed by atoms with van der Waals surface area (Å²) in [6.07, 6.45) is 0.599. The maximum absolute atomic E-state index is 12.2. The van der Waals surface area contributed by atoms with Gasteiger partial charge in [-0.15, -0.1) is 0 Å². The molecule has 0 aliphatic carbocycles. The van der Waals surface area contributed by atoms with Crippen molar-refractivity contribution in [1.29, 1.82) is 0 Å². The Morgan fingerprint density at radius 3 is 2.32 bits per heavy atom. The lowest BCUT2D eigenvalue weighted by Gasteiger charge is -2.20. The summed E-state index contributed by atoms with van der Waals surface area (Å²) < 4.78 is 31.2. The second-order valence-electron chi connectivity index (χ2n) is 5.59. The topological polar surface area (TPSA) is 122 Å². The number of sulfonamides is 1. The maximum atomic E-state index is 12.2. The predicted octanol–water partition coefficient (Wildman–Crippen LogP) is 0.840. The summed E-state index contributed by atoms with van der Waals surface area (Å²) in [4.78, 5) is 23.5. The second kappa shape index (κ2) is 9.50. The number of amides is 1. The van der Waals surface area contributed by atoms with Crippen molar-refractivity contribution < 1.29 is 27.9 Å². The van der Waals surface area contributed by atoms with Crippen LogP contribution in [0.3, 0.4) is 0 Å². The molecular formula is C16H24N2O6S. The maximum Gasteiger partial charge on any atom is 0.326 e. The zero-order chi connectivity index (χ0) is 19.0. The van der Waals surface area contributed by atoms with Crippen molar-refractivity contribution in [1.82, 2.24) is 10.0 Å². The van der Waals surface area contributed by atoms with E-state index in [1.165, 1.54) is 31.4 Å². The first-order valence-corrected chi connectivity index (χ1v) is 9.33. The summed E-state index contributed by atoms with van der Waals surface area (Å²) in [5, 5.41) is 11.7. The summed E-state index contributed by atoms with van der Waals surface area (Å²) in [5.41, 5.74) is 0.186. The number of hydrogen-bond donors (Lipinski definition) is 3. The molecular weight excluding hydrogens is 348 g/mol. The van der Waals surface area contributed by atoms with E-state index in [1.54, 1.807) is 6.92 Å². The fraction of sp³-hybridized carbons (Fsp3) is 0.500. The summed E-state index contributed by atoms with van der Waals surface area (Å²) in [5.74, 6) is -1.90. The molecule has 0 saturated carbocycles. The first-order chi connectivity index (χ1) is 11.7. The van der Waals surface area contributed by atoms with Gasteiger partial charge in [0.15, 0.2) is 0 Å². The van der Waals surface area contributed by atoms with Crippen LogP contribution < -0.4 is 10.0 Å². The van der Waals surface area contributed by atoms with Gasteiger partial charge in [-0.3, -0.25) is 4.79 Å². The number of benzene rings is 1. The molecule has 0 aliphatic rings. The fourth-order valence-electron chi connectivity index (χ4n) is 2.05. The van der Waals surface area contributed by atoms with Crippen molar-refractivity contribution in [3.8, 4) is 0 Å². The van der Waals surface area contributed by atoms with Crippen LogP contribution in [-0.2, 0) is 19.6 Å². The van der Waals surface area contributed by atoms with Gasteiger partial charge in [-0.25, -0.2) is 17.9 Å². The summed E-state index contributed by atoms with van der Waals surface area (Å²) in [7, 11) is -2.22. The summed E-state index contributed by atoms with van der Waals surface area (Å²) >= 11 is 0. The Morgan fingerprint density at radius 1 is 1.24 bits per heavy atom. The molecule has 9 heteroatoms. The van der Waals surface area contributed by atoms with E-state index < -0.39 is 27.9 Å². The molecule has 0 radical (unpaired) electrons. The van der Waals surface area contributed by atoms with Crippen LogP contribution in [0.5, 0.6) is 0 Å². The van der Waals surface area contributed by atoms with E-state index in [0.29, 0.717) is 6.42 Å². The van der Waals surface area contributed by atoms with Crippen molar-refractivity contribution in [2.75, 3.05) is 20.3 Å². The average molecular weight is 372 g/mol. The third-order valence-electron chi connectivity index (χ3n) is 3.79. The fourth-order valence-corrected chi connectivity index (χ4v) is 3.07. The van der Waals surface area contributed by atoms with E-state index in [-0.39, 0.29) is 29.5 Å². The van der Waals surface area contributed by atoms with Crippen LogP contribution in [0.4, 0.5) is 0 Å². The molecule has 25 heavy (non-hydrogen) atoms. The number of hydrogen-bond acceptors (Lipinski definition) is 5. The number of carbonyl (C=O) groups is 2. The van der Waals surface area contributed by atoms with Crippen LogP contribution >= 0.6 is 0 Å². The molecule has 3 N–H and O–H groups in total. The molecule has 0 aliphatic heterocycles. The highest BCUT2D eigenvalue weighted by Crippen LogP contribution is 2.12. The Bertz CT molecular complexity index is 687. The molecule has 1 aromatic carbocycles. The third kappa shape index (κ3) is 6.11. The highest BCUT2D eigenvalue weighted by atomic mass is 32.2. The van der Waals surface area contributed by atoms with Crippen LogP contribution in [0.25, 0.3) is 0 Å². The van der Waals surface area contributed by atoms with Gasteiger partial charge in [0, 0.05) is 19.2 Å². The minimum absolute atomic E-state index is 0.0110. The number of nitrogens with one attached hydrogen (secondary N) is 2. The van der Waals surface area contributed by atoms with E-state index >= 15 is 0 Å². The van der Waals surface area contributed by atoms with E-state index in [9.17, 15) is 23.1 Å². The highest BCUT2D eigenvalue weighted by molar-refractivity contribution is 7.89. The lowest BCUT2D eigenvalue weighted by molar-refractivity contribution is -0.140. The number of methoxy groups -OCH3 is 1. The highest BCUT2D eigenvalue weighted by Gasteiger charge is 2.25. The second-order valence-corrected chi connectivity index (χ2v) is 7.36. The van der Waals surface area contributed by atoms with Crippen molar-refractivity contribution in [2.24, 2.45) is 5.92 Å². The Hall–Kier alpha value is -1.97. The molecule has 0 saturated heterocycles. The van der Waals surface area contributed by atoms with E-state index in [2.05, 4.69) is 10.0 Å². The monoisotopic (exact) mass is 372 g/mol. The van der Waals surface area contributed by atoms with E-state index in [0.717, 1.165) is 0 Å². The van der Waals surface area contributed by atoms with Crippen LogP contribution in [0, 0.1) is 5.92 Å². The molecule has 0 unspecified atom stereocenters. The van der Waals surface area contributed by atoms with Gasteiger partial charge in [-0.05, 0) is 30.2 Å². The number of carbonyl (C=O) groups excluding carboxylic acids is 1. The van der Waals surface area contributed by atoms with Gasteiger partial charge >= 0.3 is 5.97 Å². The van der Waals surface area contributed by atoms with Crippen LogP contribution in [0.1, 0.15) is 30.6 Å². The first-order valence-electron chi connectivity index (χ1n) is 7.85. The summed E-state index contributed by atoms with van der Waals surface area (Å²) in [6.45, 7) is 3.95. The zero-order valence-corrected chi connectivity index (χ0v) is 15.3. The van der Waals surface area contributed by atoms with Gasteiger partial charge in [0.1, 0.15) is 6.04 Å². The normalized spacial score (nSPS) is 13.9. The molecule has 1 aromatic rings. The van der Waals surface area contributed by atoms with Crippen LogP contribution in [0.15, 0.2) is 29.2 Å². The molecule has 0 aromatic heterocycles. The molecule has 0 spiro atoms. The molecule has 1 amide bonds. The predicted molar refractivity (Wildman–Crippen MR) is 91.9 cm³/mol. The van der Waals surface area contributed by atoms with Gasteiger partial charge in [0.2, 0.25) is 10.0 Å². The molecule has 140 valence electrons. The quantitative estimate of drug-likeness (QED) is 0.523. The molecule has 0 bridgehead atoms. The zero-order valence-electron chi connectivity index (χ0n) is 14.5. The number of carboxylic acid groups (broad SMARTS) is 1. The lowest BCUT2D eigenvalue weighted by atomic mass is 9.99. The minimum atomic E-state index is -3.68. The van der Waals surface area contributed by atoms with Crippen LogP contribution in [0.2, 0.25) is 0 Å². The molecule has 8 nitrogen and oxygen atoms in total. The molecule has 0 heterocycles. The van der Waals surface area contributed by atoms with E-state index in [4.69, 9.17) is 4.74 Å². The van der Waals surface area contributed by atoms with Crippen molar-refractivity contribution in [3.63, 3.8) is 0 Å². The number of aliphatic carboxylic acids is 1. The molecule has 2 atom stereocenters. The number of rotatable bonds is 10. The Labute approximate surface area is 147 Å². The third-order valence-corrected chi connectivity index (χ3v) is 5.27. The van der Waals surface area contributed by atoms with Gasteiger partial charge < -0.3 is 15.2 Å².